The standard InChI is InChI=1S/C23H24N4O3S/c1-5-26-13-17(14(3)25-26)12-18-21(28)27-20(16-10-8-7-9-11-16)19(22(29)30-6-2)15(4)24-23(27)31-18/h7-13,20H,5-6H2,1-4H3/b18-12-/t20-/m1/s1. The molecule has 0 saturated carbocycles. The molecule has 0 radical (unpaired) electrons. The Kier molecular flexibility index (Phi) is 5.73. The molecule has 0 amide bonds. The summed E-state index contributed by atoms with van der Waals surface area (Å²) in [5.41, 5.74) is 3.36. The van der Waals surface area contributed by atoms with Crippen LogP contribution in [-0.2, 0) is 16.1 Å². The highest BCUT2D eigenvalue weighted by molar-refractivity contribution is 7.07. The molecule has 2 aromatic heterocycles. The van der Waals surface area contributed by atoms with E-state index in [1.54, 1.807) is 18.4 Å². The molecule has 3 aromatic rings. The van der Waals surface area contributed by atoms with Crippen LogP contribution in [0.25, 0.3) is 6.08 Å². The van der Waals surface area contributed by atoms with Gasteiger partial charge in [-0.1, -0.05) is 41.7 Å². The van der Waals surface area contributed by atoms with E-state index in [0.717, 1.165) is 23.4 Å². The molecule has 1 aromatic carbocycles. The minimum absolute atomic E-state index is 0.185. The Hall–Kier alpha value is -3.26. The van der Waals surface area contributed by atoms with Gasteiger partial charge in [0.15, 0.2) is 4.80 Å². The van der Waals surface area contributed by atoms with Crippen molar-refractivity contribution in [3.8, 4) is 0 Å². The lowest BCUT2D eigenvalue weighted by atomic mass is 9.96. The summed E-state index contributed by atoms with van der Waals surface area (Å²) < 4.78 is 9.30. The highest BCUT2D eigenvalue weighted by Crippen LogP contribution is 2.30. The van der Waals surface area contributed by atoms with Crippen LogP contribution in [0.3, 0.4) is 0 Å². The number of nitrogens with zero attached hydrogens (tertiary/aromatic N) is 4. The fourth-order valence-corrected chi connectivity index (χ4v) is 4.76. The summed E-state index contributed by atoms with van der Waals surface area (Å²) in [5, 5.41) is 4.46. The second kappa shape index (κ2) is 8.47. The zero-order chi connectivity index (χ0) is 22.1. The van der Waals surface area contributed by atoms with Crippen LogP contribution in [0.15, 0.2) is 57.6 Å². The molecule has 1 aliphatic heterocycles. The van der Waals surface area contributed by atoms with Crippen molar-refractivity contribution in [2.45, 2.75) is 40.3 Å². The van der Waals surface area contributed by atoms with Crippen molar-refractivity contribution in [2.24, 2.45) is 4.99 Å². The van der Waals surface area contributed by atoms with Gasteiger partial charge in [-0.25, -0.2) is 9.79 Å². The Balaban J connectivity index is 1.95. The van der Waals surface area contributed by atoms with Crippen molar-refractivity contribution in [3.63, 3.8) is 0 Å². The monoisotopic (exact) mass is 436 g/mol. The number of carbonyl (C=O) groups is 1. The quantitative estimate of drug-likeness (QED) is 0.575. The van der Waals surface area contributed by atoms with Crippen molar-refractivity contribution >= 4 is 23.4 Å². The number of ether oxygens (including phenoxy) is 1. The fourth-order valence-electron chi connectivity index (χ4n) is 3.72. The molecular weight excluding hydrogens is 412 g/mol. The molecule has 1 atom stereocenters. The summed E-state index contributed by atoms with van der Waals surface area (Å²) in [6.07, 6.45) is 3.78. The average Bonchev–Trinajstić information content (AvgIpc) is 3.27. The number of aromatic nitrogens is 3. The van der Waals surface area contributed by atoms with Crippen LogP contribution in [-0.4, -0.2) is 26.9 Å². The number of carbonyl (C=O) groups excluding carboxylic acids is 1. The molecule has 31 heavy (non-hydrogen) atoms. The minimum Gasteiger partial charge on any atom is -0.463 e. The SMILES string of the molecule is CCOC(=O)C1=C(C)N=c2s/c(=C\c3cn(CC)nc3C)c(=O)n2[C@@H]1c1ccccc1. The Morgan fingerprint density at radius 2 is 1.97 bits per heavy atom. The van der Waals surface area contributed by atoms with E-state index in [-0.39, 0.29) is 12.2 Å². The summed E-state index contributed by atoms with van der Waals surface area (Å²) >= 11 is 1.32. The average molecular weight is 437 g/mol. The Morgan fingerprint density at radius 1 is 1.23 bits per heavy atom. The summed E-state index contributed by atoms with van der Waals surface area (Å²) in [5.74, 6) is -0.452. The van der Waals surface area contributed by atoms with Gasteiger partial charge in [-0.15, -0.1) is 0 Å². The summed E-state index contributed by atoms with van der Waals surface area (Å²) in [6, 6.07) is 8.93. The number of thiazole rings is 1. The molecule has 7 nitrogen and oxygen atoms in total. The smallest absolute Gasteiger partial charge is 0.338 e. The topological polar surface area (TPSA) is 78.5 Å². The van der Waals surface area contributed by atoms with Crippen LogP contribution in [0.4, 0.5) is 0 Å². The molecule has 0 spiro atoms. The van der Waals surface area contributed by atoms with Gasteiger partial charge in [0.1, 0.15) is 0 Å². The lowest BCUT2D eigenvalue weighted by Crippen LogP contribution is -2.39. The van der Waals surface area contributed by atoms with E-state index in [9.17, 15) is 9.59 Å². The van der Waals surface area contributed by atoms with Crippen LogP contribution in [0, 0.1) is 6.92 Å². The van der Waals surface area contributed by atoms with Crippen LogP contribution < -0.4 is 14.9 Å². The van der Waals surface area contributed by atoms with Gasteiger partial charge < -0.3 is 4.74 Å². The molecular formula is C23H24N4O3S. The van der Waals surface area contributed by atoms with Gasteiger partial charge in [0.25, 0.3) is 5.56 Å². The predicted molar refractivity (Wildman–Crippen MR) is 119 cm³/mol. The van der Waals surface area contributed by atoms with Crippen LogP contribution in [0.5, 0.6) is 0 Å². The summed E-state index contributed by atoms with van der Waals surface area (Å²) in [7, 11) is 0. The predicted octanol–water partition coefficient (Wildman–Crippen LogP) is 2.32. The number of fused-ring (bicyclic) bond motifs is 1. The number of aryl methyl sites for hydroxylation is 2. The molecule has 0 bridgehead atoms. The second-order valence-corrected chi connectivity index (χ2v) is 8.25. The van der Waals surface area contributed by atoms with Gasteiger partial charge in [0, 0.05) is 18.3 Å². The molecule has 0 saturated heterocycles. The molecule has 160 valence electrons. The Morgan fingerprint density at radius 3 is 2.61 bits per heavy atom. The number of allylic oxidation sites excluding steroid dienone is 1. The first-order valence-electron chi connectivity index (χ1n) is 10.2. The van der Waals surface area contributed by atoms with Gasteiger partial charge in [0.2, 0.25) is 0 Å². The number of esters is 1. The first kappa shape index (κ1) is 21.0. The molecule has 1 aliphatic rings. The molecule has 0 fully saturated rings. The Labute approximate surface area is 183 Å². The zero-order valence-electron chi connectivity index (χ0n) is 18.0. The van der Waals surface area contributed by atoms with E-state index in [1.807, 2.05) is 61.1 Å². The minimum atomic E-state index is -0.585. The highest BCUT2D eigenvalue weighted by atomic mass is 32.1. The van der Waals surface area contributed by atoms with Crippen LogP contribution in [0.2, 0.25) is 0 Å². The fraction of sp³-hybridized carbons (Fsp3) is 0.304. The number of hydrogen-bond acceptors (Lipinski definition) is 6. The largest absolute Gasteiger partial charge is 0.463 e. The third kappa shape index (κ3) is 3.79. The van der Waals surface area contributed by atoms with Gasteiger partial charge in [-0.2, -0.15) is 5.10 Å². The van der Waals surface area contributed by atoms with E-state index < -0.39 is 12.0 Å². The van der Waals surface area contributed by atoms with Gasteiger partial charge in [0.05, 0.1) is 34.1 Å². The maximum atomic E-state index is 13.5. The van der Waals surface area contributed by atoms with E-state index in [0.29, 0.717) is 20.6 Å². The molecule has 0 unspecified atom stereocenters. The van der Waals surface area contributed by atoms with Gasteiger partial charge in [-0.05, 0) is 39.3 Å². The van der Waals surface area contributed by atoms with Crippen LogP contribution >= 0.6 is 11.3 Å². The molecule has 3 heterocycles. The number of rotatable bonds is 5. The van der Waals surface area contributed by atoms with Crippen molar-refractivity contribution in [3.05, 3.63) is 84.3 Å². The number of benzene rings is 1. The molecule has 8 heteroatoms. The lowest BCUT2D eigenvalue weighted by molar-refractivity contribution is -0.139. The van der Waals surface area contributed by atoms with Crippen molar-refractivity contribution < 1.29 is 9.53 Å². The molecule has 0 aliphatic carbocycles. The third-order valence-electron chi connectivity index (χ3n) is 5.23. The first-order valence-corrected chi connectivity index (χ1v) is 11.0. The maximum absolute atomic E-state index is 13.5. The second-order valence-electron chi connectivity index (χ2n) is 7.24. The molecule has 0 N–H and O–H groups in total. The highest BCUT2D eigenvalue weighted by Gasteiger charge is 2.33. The number of hydrogen-bond donors (Lipinski definition) is 0. The van der Waals surface area contributed by atoms with E-state index in [4.69, 9.17) is 4.74 Å². The van der Waals surface area contributed by atoms with Crippen molar-refractivity contribution in [1.82, 2.24) is 14.3 Å². The zero-order valence-corrected chi connectivity index (χ0v) is 18.8. The summed E-state index contributed by atoms with van der Waals surface area (Å²) in [6.45, 7) is 8.50. The van der Waals surface area contributed by atoms with E-state index in [1.165, 1.54) is 11.3 Å². The van der Waals surface area contributed by atoms with E-state index in [2.05, 4.69) is 10.1 Å². The third-order valence-corrected chi connectivity index (χ3v) is 6.21. The van der Waals surface area contributed by atoms with E-state index >= 15 is 0 Å². The van der Waals surface area contributed by atoms with Crippen molar-refractivity contribution in [2.75, 3.05) is 6.61 Å². The van der Waals surface area contributed by atoms with Crippen molar-refractivity contribution in [1.29, 1.82) is 0 Å². The van der Waals surface area contributed by atoms with Gasteiger partial charge in [-0.3, -0.25) is 14.0 Å². The lowest BCUT2D eigenvalue weighted by Gasteiger charge is -2.24. The Bertz CT molecular complexity index is 1350. The first-order chi connectivity index (χ1) is 14.9. The summed E-state index contributed by atoms with van der Waals surface area (Å²) in [4.78, 5) is 31.5. The van der Waals surface area contributed by atoms with Crippen LogP contribution in [0.1, 0.15) is 43.6 Å². The maximum Gasteiger partial charge on any atom is 0.338 e. The van der Waals surface area contributed by atoms with Gasteiger partial charge >= 0.3 is 5.97 Å². The molecule has 4 rings (SSSR count). The normalized spacial score (nSPS) is 16.3.